The summed E-state index contributed by atoms with van der Waals surface area (Å²) in [5.74, 6) is -0.517. The Kier molecular flexibility index (Phi) is 3.49. The van der Waals surface area contributed by atoms with Gasteiger partial charge in [0.1, 0.15) is 0 Å². The minimum atomic E-state index is -3.50. The molecule has 0 aliphatic rings. The van der Waals surface area contributed by atoms with E-state index in [0.717, 1.165) is 9.35 Å². The van der Waals surface area contributed by atoms with Gasteiger partial charge in [-0.1, -0.05) is 0 Å². The minimum Gasteiger partial charge on any atom is -0.279 e. The fourth-order valence-corrected chi connectivity index (χ4v) is 2.73. The van der Waals surface area contributed by atoms with Crippen LogP contribution in [-0.2, 0) is 4.57 Å². The number of nitrogens with two attached hydrogens (primary N) is 2. The number of nitrogens with one attached hydrogen (secondary N) is 1. The van der Waals surface area contributed by atoms with Crippen molar-refractivity contribution in [3.05, 3.63) is 20.3 Å². The molecule has 5 N–H and O–H groups in total. The first-order chi connectivity index (χ1) is 6.29. The molecule has 5 nitrogen and oxygen atoms in total. The average molecular weight is 298 g/mol. The molecular formula is C6H9BrN3O2PS. The highest BCUT2D eigenvalue weighted by Gasteiger charge is 2.17. The molecule has 0 unspecified atom stereocenters. The number of hydrogen-bond acceptors (Lipinski definition) is 3. The molecule has 8 heteroatoms. The summed E-state index contributed by atoms with van der Waals surface area (Å²) in [6.45, 7) is 1.85. The highest BCUT2D eigenvalue weighted by Crippen LogP contribution is 2.28. The van der Waals surface area contributed by atoms with Crippen molar-refractivity contribution in [2.75, 3.05) is 0 Å². The molecule has 0 aliphatic carbocycles. The standard InChI is InChI=1S/C6H9BrN3O2PS/c1-3-2-4(14-5(3)7)6(11)10-13(8,9)12/h2H,1H3,(H5,8,9,10,11,12). The zero-order valence-electron chi connectivity index (χ0n) is 7.28. The zero-order chi connectivity index (χ0) is 10.9. The Labute approximate surface area is 93.5 Å². The number of carbonyl (C=O) groups excluding carboxylic acids is 1. The van der Waals surface area contributed by atoms with Crippen LogP contribution in [-0.4, -0.2) is 5.91 Å². The van der Waals surface area contributed by atoms with E-state index in [1.54, 1.807) is 6.07 Å². The Morgan fingerprint density at radius 3 is 2.57 bits per heavy atom. The SMILES string of the molecule is Cc1cc(C(=O)NP(N)(N)=O)sc1Br. The summed E-state index contributed by atoms with van der Waals surface area (Å²) in [6, 6.07) is 1.67. The normalized spacial score (nSPS) is 11.4. The van der Waals surface area contributed by atoms with Gasteiger partial charge >= 0.3 is 7.59 Å². The maximum atomic E-state index is 11.4. The maximum Gasteiger partial charge on any atom is 0.300 e. The third-order valence-electron chi connectivity index (χ3n) is 1.36. The van der Waals surface area contributed by atoms with Crippen LogP contribution in [0.25, 0.3) is 0 Å². The molecule has 0 aromatic carbocycles. The predicted molar refractivity (Wildman–Crippen MR) is 60.2 cm³/mol. The number of halogens is 1. The molecule has 1 aromatic heterocycles. The molecule has 0 spiro atoms. The molecule has 0 aliphatic heterocycles. The summed E-state index contributed by atoms with van der Waals surface area (Å²) >= 11 is 4.51. The van der Waals surface area contributed by atoms with Crippen molar-refractivity contribution in [3.8, 4) is 0 Å². The minimum absolute atomic E-state index is 0.422. The molecule has 0 radical (unpaired) electrons. The maximum absolute atomic E-state index is 11.4. The van der Waals surface area contributed by atoms with Crippen LogP contribution in [0.2, 0.25) is 0 Å². The summed E-state index contributed by atoms with van der Waals surface area (Å²) in [6.07, 6.45) is 0. The van der Waals surface area contributed by atoms with Crippen LogP contribution < -0.4 is 16.1 Å². The van der Waals surface area contributed by atoms with Crippen LogP contribution in [0.4, 0.5) is 0 Å². The van der Waals surface area contributed by atoms with Crippen LogP contribution in [0.1, 0.15) is 15.2 Å². The predicted octanol–water partition coefficient (Wildman–Crippen LogP) is 1.57. The Morgan fingerprint density at radius 2 is 2.21 bits per heavy atom. The Morgan fingerprint density at radius 1 is 1.64 bits per heavy atom. The summed E-state index contributed by atoms with van der Waals surface area (Å²) in [7, 11) is -3.50. The monoisotopic (exact) mass is 297 g/mol. The van der Waals surface area contributed by atoms with Gasteiger partial charge in [0.15, 0.2) is 0 Å². The molecule has 0 saturated heterocycles. The second kappa shape index (κ2) is 4.12. The Bertz CT molecular complexity index is 394. The van der Waals surface area contributed by atoms with E-state index in [2.05, 4.69) is 15.9 Å². The lowest BCUT2D eigenvalue weighted by atomic mass is 10.3. The lowest BCUT2D eigenvalue weighted by Crippen LogP contribution is -2.27. The second-order valence-electron chi connectivity index (χ2n) is 2.72. The van der Waals surface area contributed by atoms with Crippen molar-refractivity contribution in [2.24, 2.45) is 11.0 Å². The van der Waals surface area contributed by atoms with Gasteiger partial charge in [-0.25, -0.2) is 0 Å². The molecule has 0 bridgehead atoms. The lowest BCUT2D eigenvalue weighted by Gasteiger charge is -2.06. The zero-order valence-corrected chi connectivity index (χ0v) is 10.6. The van der Waals surface area contributed by atoms with Crippen molar-refractivity contribution < 1.29 is 9.36 Å². The molecule has 0 fully saturated rings. The highest BCUT2D eigenvalue weighted by atomic mass is 79.9. The lowest BCUT2D eigenvalue weighted by molar-refractivity contribution is 0.0984. The van der Waals surface area contributed by atoms with Crippen LogP contribution >= 0.6 is 34.9 Å². The van der Waals surface area contributed by atoms with E-state index in [0.29, 0.717) is 4.88 Å². The summed E-state index contributed by atoms with van der Waals surface area (Å²) in [5, 5.41) is 2.04. The van der Waals surface area contributed by atoms with Crippen LogP contribution in [0.5, 0.6) is 0 Å². The van der Waals surface area contributed by atoms with Crippen molar-refractivity contribution in [3.63, 3.8) is 0 Å². The van der Waals surface area contributed by atoms with Gasteiger partial charge in [-0.3, -0.25) is 25.5 Å². The van der Waals surface area contributed by atoms with Crippen LogP contribution in [0, 0.1) is 6.92 Å². The van der Waals surface area contributed by atoms with Crippen molar-refractivity contribution >= 4 is 40.8 Å². The van der Waals surface area contributed by atoms with Gasteiger partial charge in [-0.2, -0.15) is 0 Å². The van der Waals surface area contributed by atoms with Gasteiger partial charge in [0.2, 0.25) is 0 Å². The fourth-order valence-electron chi connectivity index (χ4n) is 0.786. The van der Waals surface area contributed by atoms with Crippen molar-refractivity contribution in [1.29, 1.82) is 0 Å². The van der Waals surface area contributed by atoms with E-state index < -0.39 is 13.5 Å². The first-order valence-electron chi connectivity index (χ1n) is 3.55. The molecule has 14 heavy (non-hydrogen) atoms. The van der Waals surface area contributed by atoms with Gasteiger partial charge in [-0.05, 0) is 34.5 Å². The number of rotatable bonds is 2. The molecule has 0 atom stereocenters. The van der Waals surface area contributed by atoms with E-state index in [4.69, 9.17) is 11.0 Å². The summed E-state index contributed by atoms with van der Waals surface area (Å²) < 4.78 is 11.8. The van der Waals surface area contributed by atoms with Gasteiger partial charge in [0, 0.05) is 0 Å². The van der Waals surface area contributed by atoms with E-state index in [1.165, 1.54) is 11.3 Å². The van der Waals surface area contributed by atoms with Crippen LogP contribution in [0.15, 0.2) is 9.85 Å². The highest BCUT2D eigenvalue weighted by molar-refractivity contribution is 9.11. The third-order valence-corrected chi connectivity index (χ3v) is 4.05. The number of aryl methyl sites for hydroxylation is 1. The van der Waals surface area contributed by atoms with E-state index in [9.17, 15) is 9.36 Å². The Balaban J connectivity index is 2.86. The van der Waals surface area contributed by atoms with Crippen LogP contribution in [0.3, 0.4) is 0 Å². The molecular weight excluding hydrogens is 289 g/mol. The third kappa shape index (κ3) is 3.18. The molecule has 1 rings (SSSR count). The smallest absolute Gasteiger partial charge is 0.279 e. The van der Waals surface area contributed by atoms with Gasteiger partial charge in [-0.15, -0.1) is 11.3 Å². The molecule has 1 heterocycles. The molecule has 1 aromatic rings. The first-order valence-corrected chi connectivity index (χ1v) is 7.01. The first kappa shape index (κ1) is 11.9. The topological polar surface area (TPSA) is 98.2 Å². The molecule has 78 valence electrons. The Hall–Kier alpha value is -0.200. The number of thiophene rings is 1. The molecule has 0 saturated carbocycles. The van der Waals surface area contributed by atoms with E-state index in [1.807, 2.05) is 12.0 Å². The number of carbonyl (C=O) groups is 1. The number of amides is 1. The van der Waals surface area contributed by atoms with Gasteiger partial charge in [0.05, 0.1) is 8.66 Å². The fraction of sp³-hybridized carbons (Fsp3) is 0.167. The summed E-state index contributed by atoms with van der Waals surface area (Å²) in [5.41, 5.74) is 11.0. The van der Waals surface area contributed by atoms with Gasteiger partial charge < -0.3 is 0 Å². The van der Waals surface area contributed by atoms with E-state index >= 15 is 0 Å². The quantitative estimate of drug-likeness (QED) is 0.722. The number of hydrogen-bond donors (Lipinski definition) is 3. The average Bonchev–Trinajstić information content (AvgIpc) is 2.28. The second-order valence-corrected chi connectivity index (χ2v) is 6.73. The largest absolute Gasteiger partial charge is 0.300 e. The summed E-state index contributed by atoms with van der Waals surface area (Å²) in [4.78, 5) is 11.8. The van der Waals surface area contributed by atoms with Crippen molar-refractivity contribution in [2.45, 2.75) is 6.92 Å². The van der Waals surface area contributed by atoms with Crippen molar-refractivity contribution in [1.82, 2.24) is 5.09 Å². The molecule has 1 amide bonds. The van der Waals surface area contributed by atoms with Gasteiger partial charge in [0.25, 0.3) is 5.91 Å². The van der Waals surface area contributed by atoms with E-state index in [-0.39, 0.29) is 0 Å².